The van der Waals surface area contributed by atoms with Crippen LogP contribution in [-0.2, 0) is 4.79 Å². The lowest BCUT2D eigenvalue weighted by Gasteiger charge is -2.07. The molecule has 0 aliphatic heterocycles. The molecule has 1 rings (SSSR count). The van der Waals surface area contributed by atoms with Crippen LogP contribution in [0.25, 0.3) is 0 Å². The number of benzene rings is 1. The Labute approximate surface area is 102 Å². The number of anilines is 1. The Morgan fingerprint density at radius 3 is 2.62 bits per heavy atom. The van der Waals surface area contributed by atoms with Gasteiger partial charge in [-0.05, 0) is 18.2 Å². The molecule has 86 valence electrons. The number of nitrogens with two attached hydrogens (primary N) is 1. The summed E-state index contributed by atoms with van der Waals surface area (Å²) in [5, 5.41) is 5.55. The maximum absolute atomic E-state index is 11.1. The topological polar surface area (TPSA) is 84.2 Å². The summed E-state index contributed by atoms with van der Waals surface area (Å²) < 4.78 is 0. The van der Waals surface area contributed by atoms with Gasteiger partial charge < -0.3 is 11.1 Å². The minimum absolute atomic E-state index is 0.122. The van der Waals surface area contributed by atoms with Crippen molar-refractivity contribution in [1.29, 1.82) is 0 Å². The Morgan fingerprint density at radius 1 is 1.31 bits per heavy atom. The summed E-state index contributed by atoms with van der Waals surface area (Å²) in [6.45, 7) is -0.122. The maximum Gasteiger partial charge on any atom is 0.318 e. The van der Waals surface area contributed by atoms with Crippen LogP contribution in [0.2, 0.25) is 10.0 Å². The smallest absolute Gasteiger partial charge is 0.318 e. The van der Waals surface area contributed by atoms with Crippen molar-refractivity contribution in [2.24, 2.45) is 5.73 Å². The normalized spacial score (nSPS) is 9.62. The first-order chi connectivity index (χ1) is 7.49. The Morgan fingerprint density at radius 2 is 2.00 bits per heavy atom. The number of halogens is 2. The largest absolute Gasteiger partial charge is 0.375 e. The summed E-state index contributed by atoms with van der Waals surface area (Å²) in [5.41, 5.74) is 5.28. The minimum Gasteiger partial charge on any atom is -0.375 e. The maximum atomic E-state index is 11.1. The molecule has 0 aliphatic rings. The number of amides is 3. The molecule has 0 saturated carbocycles. The van der Waals surface area contributed by atoms with E-state index in [1.165, 1.54) is 0 Å². The third kappa shape index (κ3) is 3.96. The molecule has 0 radical (unpaired) electrons. The molecule has 0 saturated heterocycles. The highest BCUT2D eigenvalue weighted by molar-refractivity contribution is 6.35. The van der Waals surface area contributed by atoms with Crippen molar-refractivity contribution in [2.45, 2.75) is 0 Å². The third-order valence-electron chi connectivity index (χ3n) is 1.63. The number of imide groups is 1. The zero-order valence-electron chi connectivity index (χ0n) is 8.09. The average Bonchev–Trinajstić information content (AvgIpc) is 2.18. The second-order valence-electron chi connectivity index (χ2n) is 2.89. The zero-order chi connectivity index (χ0) is 12.1. The standard InChI is InChI=1S/C9H9Cl2N3O2/c10-5-1-2-6(11)7(3-5)13-4-8(15)14-9(12)16/h1-3,13H,4H2,(H3,12,14,15,16). The highest BCUT2D eigenvalue weighted by Gasteiger charge is 2.05. The van der Waals surface area contributed by atoms with Crippen LogP contribution < -0.4 is 16.4 Å². The molecule has 0 heterocycles. The molecule has 0 spiro atoms. The SMILES string of the molecule is NC(=O)NC(=O)CNc1cc(Cl)ccc1Cl. The van der Waals surface area contributed by atoms with Crippen molar-refractivity contribution in [3.05, 3.63) is 28.2 Å². The molecule has 16 heavy (non-hydrogen) atoms. The van der Waals surface area contributed by atoms with Gasteiger partial charge in [0, 0.05) is 5.02 Å². The van der Waals surface area contributed by atoms with E-state index in [-0.39, 0.29) is 6.54 Å². The van der Waals surface area contributed by atoms with E-state index in [1.54, 1.807) is 18.2 Å². The molecular weight excluding hydrogens is 253 g/mol. The van der Waals surface area contributed by atoms with Crippen LogP contribution in [-0.4, -0.2) is 18.5 Å². The Kier molecular flexibility index (Phi) is 4.39. The van der Waals surface area contributed by atoms with E-state index < -0.39 is 11.9 Å². The molecule has 1 aromatic carbocycles. The number of primary amides is 1. The van der Waals surface area contributed by atoms with Crippen molar-refractivity contribution in [3.63, 3.8) is 0 Å². The van der Waals surface area contributed by atoms with E-state index in [0.29, 0.717) is 15.7 Å². The Balaban J connectivity index is 2.57. The lowest BCUT2D eigenvalue weighted by molar-refractivity contribution is -0.118. The summed E-state index contributed by atoms with van der Waals surface area (Å²) in [6, 6.07) is 3.89. The molecule has 0 bridgehead atoms. The van der Waals surface area contributed by atoms with Crippen LogP contribution in [0.3, 0.4) is 0 Å². The number of urea groups is 1. The predicted molar refractivity (Wildman–Crippen MR) is 62.7 cm³/mol. The van der Waals surface area contributed by atoms with Crippen molar-refractivity contribution in [2.75, 3.05) is 11.9 Å². The van der Waals surface area contributed by atoms with Gasteiger partial charge in [-0.15, -0.1) is 0 Å². The van der Waals surface area contributed by atoms with Gasteiger partial charge in [-0.1, -0.05) is 23.2 Å². The molecule has 5 nitrogen and oxygen atoms in total. The van der Waals surface area contributed by atoms with Crippen LogP contribution in [0.1, 0.15) is 0 Å². The second-order valence-corrected chi connectivity index (χ2v) is 3.73. The number of carbonyl (C=O) groups is 2. The van der Waals surface area contributed by atoms with Crippen molar-refractivity contribution in [1.82, 2.24) is 5.32 Å². The lowest BCUT2D eigenvalue weighted by Crippen LogP contribution is -2.38. The first-order valence-corrected chi connectivity index (χ1v) is 5.03. The average molecular weight is 262 g/mol. The summed E-state index contributed by atoms with van der Waals surface area (Å²) in [4.78, 5) is 21.4. The highest BCUT2D eigenvalue weighted by Crippen LogP contribution is 2.24. The molecule has 0 fully saturated rings. The fourth-order valence-electron chi connectivity index (χ4n) is 0.990. The molecule has 7 heteroatoms. The molecule has 0 atom stereocenters. The Bertz CT molecular complexity index is 423. The first-order valence-electron chi connectivity index (χ1n) is 4.27. The van der Waals surface area contributed by atoms with Crippen LogP contribution in [0.15, 0.2) is 18.2 Å². The first kappa shape index (κ1) is 12.6. The number of rotatable bonds is 3. The lowest BCUT2D eigenvalue weighted by atomic mass is 10.3. The van der Waals surface area contributed by atoms with Crippen molar-refractivity contribution in [3.8, 4) is 0 Å². The van der Waals surface area contributed by atoms with Gasteiger partial charge in [0.05, 0.1) is 17.3 Å². The fourth-order valence-corrected chi connectivity index (χ4v) is 1.35. The zero-order valence-corrected chi connectivity index (χ0v) is 9.60. The van der Waals surface area contributed by atoms with Gasteiger partial charge in [-0.2, -0.15) is 0 Å². The van der Waals surface area contributed by atoms with E-state index >= 15 is 0 Å². The molecule has 0 unspecified atom stereocenters. The summed E-state index contributed by atoms with van der Waals surface area (Å²) >= 11 is 11.6. The number of hydrogen-bond acceptors (Lipinski definition) is 3. The highest BCUT2D eigenvalue weighted by atomic mass is 35.5. The second kappa shape index (κ2) is 5.58. The van der Waals surface area contributed by atoms with Crippen LogP contribution in [0, 0.1) is 0 Å². The quantitative estimate of drug-likeness (QED) is 0.773. The van der Waals surface area contributed by atoms with Gasteiger partial charge in [0.15, 0.2) is 0 Å². The van der Waals surface area contributed by atoms with Crippen molar-refractivity contribution >= 4 is 40.8 Å². The summed E-state index contributed by atoms with van der Waals surface area (Å²) in [6.07, 6.45) is 0. The van der Waals surface area contributed by atoms with E-state index in [0.717, 1.165) is 0 Å². The summed E-state index contributed by atoms with van der Waals surface area (Å²) in [5.74, 6) is -0.552. The van der Waals surface area contributed by atoms with E-state index in [1.807, 2.05) is 5.32 Å². The predicted octanol–water partition coefficient (Wildman–Crippen LogP) is 1.60. The molecule has 3 amide bonds. The Hall–Kier alpha value is -1.46. The number of nitrogens with one attached hydrogen (secondary N) is 2. The van der Waals surface area contributed by atoms with Crippen LogP contribution in [0.5, 0.6) is 0 Å². The third-order valence-corrected chi connectivity index (χ3v) is 2.20. The summed E-state index contributed by atoms with van der Waals surface area (Å²) in [7, 11) is 0. The van der Waals surface area contributed by atoms with E-state index in [9.17, 15) is 9.59 Å². The van der Waals surface area contributed by atoms with Crippen molar-refractivity contribution < 1.29 is 9.59 Å². The number of hydrogen-bond donors (Lipinski definition) is 3. The minimum atomic E-state index is -0.899. The van der Waals surface area contributed by atoms with Crippen LogP contribution >= 0.6 is 23.2 Å². The van der Waals surface area contributed by atoms with Crippen LogP contribution in [0.4, 0.5) is 10.5 Å². The molecule has 0 aliphatic carbocycles. The van der Waals surface area contributed by atoms with Gasteiger partial charge >= 0.3 is 6.03 Å². The molecule has 0 aromatic heterocycles. The van der Waals surface area contributed by atoms with Gasteiger partial charge in [-0.25, -0.2) is 4.79 Å². The van der Waals surface area contributed by atoms with E-state index in [4.69, 9.17) is 28.9 Å². The van der Waals surface area contributed by atoms with Gasteiger partial charge in [-0.3, -0.25) is 10.1 Å². The molecule has 1 aromatic rings. The molecule has 4 N–H and O–H groups in total. The van der Waals surface area contributed by atoms with Gasteiger partial charge in [0.25, 0.3) is 0 Å². The monoisotopic (exact) mass is 261 g/mol. The van der Waals surface area contributed by atoms with E-state index in [2.05, 4.69) is 5.32 Å². The fraction of sp³-hybridized carbons (Fsp3) is 0.111. The van der Waals surface area contributed by atoms with Gasteiger partial charge in [0.2, 0.25) is 5.91 Å². The molecular formula is C9H9Cl2N3O2. The van der Waals surface area contributed by atoms with Gasteiger partial charge in [0.1, 0.15) is 0 Å². The number of carbonyl (C=O) groups excluding carboxylic acids is 2.